The molecule has 0 saturated carbocycles. The van der Waals surface area contributed by atoms with Crippen LogP contribution >= 0.6 is 0 Å². The number of nitrogens with zero attached hydrogens (tertiary/aromatic N) is 4. The molecule has 0 unspecified atom stereocenters. The van der Waals surface area contributed by atoms with Crippen LogP contribution < -0.4 is 0 Å². The van der Waals surface area contributed by atoms with Crippen molar-refractivity contribution in [3.05, 3.63) is 29.3 Å². The summed E-state index contributed by atoms with van der Waals surface area (Å²) in [6.45, 7) is 0. The third-order valence-corrected chi connectivity index (χ3v) is 2.62. The number of nitriles is 2. The molecule has 1 aromatic rings. The van der Waals surface area contributed by atoms with E-state index in [9.17, 15) is 0 Å². The Morgan fingerprint density at radius 1 is 1.12 bits per heavy atom. The second kappa shape index (κ2) is 4.55. The van der Waals surface area contributed by atoms with Gasteiger partial charge in [-0.05, 0) is 42.5 Å². The van der Waals surface area contributed by atoms with Gasteiger partial charge < -0.3 is 0 Å². The highest BCUT2D eigenvalue weighted by Crippen LogP contribution is 2.26. The minimum absolute atomic E-state index is 0.719. The molecule has 0 radical (unpaired) electrons. The van der Waals surface area contributed by atoms with Crippen molar-refractivity contribution in [2.45, 2.75) is 25.3 Å². The topological polar surface area (TPSA) is 72.3 Å². The predicted molar refractivity (Wildman–Crippen MR) is 58.0 cm³/mol. The summed E-state index contributed by atoms with van der Waals surface area (Å²) in [5, 5.41) is 24.6. The molecule has 0 aromatic heterocycles. The average molecular weight is 210 g/mol. The smallest absolute Gasteiger partial charge is 0.195 e. The summed E-state index contributed by atoms with van der Waals surface area (Å²) >= 11 is 0. The highest BCUT2D eigenvalue weighted by atomic mass is 15.1. The van der Waals surface area contributed by atoms with Crippen molar-refractivity contribution in [1.29, 1.82) is 10.5 Å². The quantitative estimate of drug-likeness (QED) is 0.704. The van der Waals surface area contributed by atoms with Crippen LogP contribution in [-0.4, -0.2) is 6.04 Å². The van der Waals surface area contributed by atoms with E-state index < -0.39 is 6.04 Å². The van der Waals surface area contributed by atoms with Gasteiger partial charge in [0.15, 0.2) is 0 Å². The molecule has 0 spiro atoms. The fraction of sp³-hybridized carbons (Fsp3) is 0.333. The lowest BCUT2D eigenvalue weighted by Gasteiger charge is -1.99. The summed E-state index contributed by atoms with van der Waals surface area (Å²) in [5.41, 5.74) is 3.40. The fourth-order valence-corrected chi connectivity index (χ4v) is 1.83. The van der Waals surface area contributed by atoms with Crippen LogP contribution in [0.3, 0.4) is 0 Å². The van der Waals surface area contributed by atoms with Crippen LogP contribution in [0.4, 0.5) is 5.69 Å². The SMILES string of the molecule is N#CC(C#N)N=Nc1ccc2c(c1)CCC2. The largest absolute Gasteiger partial charge is 0.242 e. The van der Waals surface area contributed by atoms with Gasteiger partial charge in [0.1, 0.15) is 12.1 Å². The lowest BCUT2D eigenvalue weighted by Crippen LogP contribution is -1.92. The van der Waals surface area contributed by atoms with Gasteiger partial charge in [-0.15, -0.1) is 0 Å². The third-order valence-electron chi connectivity index (χ3n) is 2.62. The Morgan fingerprint density at radius 3 is 2.62 bits per heavy atom. The zero-order valence-corrected chi connectivity index (χ0v) is 8.72. The second-order valence-electron chi connectivity index (χ2n) is 3.68. The molecule has 4 nitrogen and oxygen atoms in total. The van der Waals surface area contributed by atoms with Gasteiger partial charge in [-0.2, -0.15) is 20.8 Å². The summed E-state index contributed by atoms with van der Waals surface area (Å²) in [6, 6.07) is 8.40. The normalized spacial score (nSPS) is 13.7. The van der Waals surface area contributed by atoms with Crippen LogP contribution in [0.25, 0.3) is 0 Å². The number of aryl methyl sites for hydroxylation is 2. The summed E-state index contributed by atoms with van der Waals surface area (Å²) in [6.07, 6.45) is 3.40. The number of hydrogen-bond donors (Lipinski definition) is 0. The number of hydrogen-bond acceptors (Lipinski definition) is 4. The summed E-state index contributed by atoms with van der Waals surface area (Å²) in [7, 11) is 0. The zero-order chi connectivity index (χ0) is 11.4. The van der Waals surface area contributed by atoms with Crippen molar-refractivity contribution in [3.8, 4) is 12.1 Å². The molecule has 16 heavy (non-hydrogen) atoms. The van der Waals surface area contributed by atoms with E-state index >= 15 is 0 Å². The van der Waals surface area contributed by atoms with Gasteiger partial charge in [-0.3, -0.25) is 0 Å². The van der Waals surface area contributed by atoms with Crippen LogP contribution in [-0.2, 0) is 12.8 Å². The Kier molecular flexibility index (Phi) is 2.93. The number of fused-ring (bicyclic) bond motifs is 1. The van der Waals surface area contributed by atoms with Gasteiger partial charge in [0, 0.05) is 0 Å². The first kappa shape index (κ1) is 10.3. The first-order chi connectivity index (χ1) is 7.83. The highest BCUT2D eigenvalue weighted by molar-refractivity contribution is 5.45. The average Bonchev–Trinajstić information content (AvgIpc) is 2.77. The molecule has 4 heteroatoms. The summed E-state index contributed by atoms with van der Waals surface area (Å²) < 4.78 is 0. The molecule has 0 bridgehead atoms. The molecule has 2 rings (SSSR count). The molecule has 0 fully saturated rings. The summed E-state index contributed by atoms with van der Waals surface area (Å²) in [5.74, 6) is 0. The zero-order valence-electron chi connectivity index (χ0n) is 8.72. The van der Waals surface area contributed by atoms with E-state index in [0.717, 1.165) is 18.5 Å². The molecule has 0 amide bonds. The first-order valence-corrected chi connectivity index (χ1v) is 5.15. The van der Waals surface area contributed by atoms with Gasteiger partial charge in [0.2, 0.25) is 6.04 Å². The molecule has 0 aliphatic heterocycles. The molecule has 1 aliphatic carbocycles. The van der Waals surface area contributed by atoms with Crippen molar-refractivity contribution in [1.82, 2.24) is 0 Å². The van der Waals surface area contributed by atoms with Gasteiger partial charge in [-0.1, -0.05) is 6.07 Å². The van der Waals surface area contributed by atoms with Crippen molar-refractivity contribution in [3.63, 3.8) is 0 Å². The molecule has 1 aromatic carbocycles. The Bertz CT molecular complexity index is 491. The third kappa shape index (κ3) is 2.07. The van der Waals surface area contributed by atoms with Crippen molar-refractivity contribution >= 4 is 5.69 Å². The second-order valence-corrected chi connectivity index (χ2v) is 3.68. The van der Waals surface area contributed by atoms with Gasteiger partial charge in [-0.25, -0.2) is 0 Å². The van der Waals surface area contributed by atoms with Crippen molar-refractivity contribution in [2.24, 2.45) is 10.2 Å². The lowest BCUT2D eigenvalue weighted by molar-refractivity contribution is 0.911. The van der Waals surface area contributed by atoms with E-state index in [1.54, 1.807) is 12.1 Å². The molecule has 0 atom stereocenters. The van der Waals surface area contributed by atoms with Crippen LogP contribution in [0.5, 0.6) is 0 Å². The molecular formula is C12H10N4. The van der Waals surface area contributed by atoms with E-state index in [1.165, 1.54) is 17.5 Å². The molecule has 0 heterocycles. The molecule has 1 aliphatic rings. The number of rotatable bonds is 2. The maximum atomic E-state index is 8.53. The maximum absolute atomic E-state index is 8.53. The Hall–Kier alpha value is -2.20. The summed E-state index contributed by atoms with van der Waals surface area (Å²) in [4.78, 5) is 0. The van der Waals surface area contributed by atoms with E-state index in [-0.39, 0.29) is 0 Å². The Balaban J connectivity index is 2.18. The van der Waals surface area contributed by atoms with Gasteiger partial charge in [0.25, 0.3) is 0 Å². The fourth-order valence-electron chi connectivity index (χ4n) is 1.83. The minimum Gasteiger partial charge on any atom is -0.195 e. The van der Waals surface area contributed by atoms with E-state index in [2.05, 4.69) is 10.2 Å². The van der Waals surface area contributed by atoms with Crippen LogP contribution in [0.2, 0.25) is 0 Å². The lowest BCUT2D eigenvalue weighted by atomic mass is 10.1. The van der Waals surface area contributed by atoms with Gasteiger partial charge in [0.05, 0.1) is 5.69 Å². The molecular weight excluding hydrogens is 200 g/mol. The number of benzene rings is 1. The van der Waals surface area contributed by atoms with Gasteiger partial charge >= 0.3 is 0 Å². The Morgan fingerprint density at radius 2 is 1.88 bits per heavy atom. The first-order valence-electron chi connectivity index (χ1n) is 5.15. The van der Waals surface area contributed by atoms with E-state index in [0.29, 0.717) is 0 Å². The Labute approximate surface area is 93.8 Å². The molecule has 0 N–H and O–H groups in total. The monoisotopic (exact) mass is 210 g/mol. The molecule has 78 valence electrons. The predicted octanol–water partition coefficient (Wildman–Crippen LogP) is 2.67. The van der Waals surface area contributed by atoms with E-state index in [4.69, 9.17) is 10.5 Å². The van der Waals surface area contributed by atoms with E-state index in [1.807, 2.05) is 18.2 Å². The minimum atomic E-state index is -1.01. The van der Waals surface area contributed by atoms with Crippen LogP contribution in [0.1, 0.15) is 17.5 Å². The molecule has 0 saturated heterocycles. The van der Waals surface area contributed by atoms with Crippen LogP contribution in [0.15, 0.2) is 28.4 Å². The van der Waals surface area contributed by atoms with Crippen LogP contribution in [0, 0.1) is 22.7 Å². The van der Waals surface area contributed by atoms with Crippen molar-refractivity contribution < 1.29 is 0 Å². The number of azo groups is 1. The standard InChI is InChI=1S/C12H10N4/c13-7-12(8-14)16-15-11-5-4-9-2-1-3-10(9)6-11/h4-6,12H,1-3H2. The maximum Gasteiger partial charge on any atom is 0.242 e. The van der Waals surface area contributed by atoms with Crippen molar-refractivity contribution in [2.75, 3.05) is 0 Å². The highest BCUT2D eigenvalue weighted by Gasteiger charge is 2.10.